The third kappa shape index (κ3) is 5.91. The minimum Gasteiger partial charge on any atom is -0.466 e. The molecule has 1 N–H and O–H groups in total. The van der Waals surface area contributed by atoms with Gasteiger partial charge in [0.15, 0.2) is 5.96 Å². The Morgan fingerprint density at radius 3 is 3.00 bits per heavy atom. The number of carbonyl (C=O) groups excluding carboxylic acids is 1. The van der Waals surface area contributed by atoms with Crippen LogP contribution in [0.5, 0.6) is 0 Å². The van der Waals surface area contributed by atoms with Crippen molar-refractivity contribution in [1.29, 1.82) is 0 Å². The largest absolute Gasteiger partial charge is 0.466 e. The van der Waals surface area contributed by atoms with Gasteiger partial charge in [0, 0.05) is 26.7 Å². The van der Waals surface area contributed by atoms with Crippen molar-refractivity contribution in [2.45, 2.75) is 32.6 Å². The van der Waals surface area contributed by atoms with Gasteiger partial charge in [-0.2, -0.15) is 11.3 Å². The lowest BCUT2D eigenvalue weighted by molar-refractivity contribution is -0.149. The van der Waals surface area contributed by atoms with E-state index in [-0.39, 0.29) is 35.9 Å². The molecule has 2 unspecified atom stereocenters. The molecule has 0 spiro atoms. The van der Waals surface area contributed by atoms with Gasteiger partial charge >= 0.3 is 5.97 Å². The number of halogens is 1. The van der Waals surface area contributed by atoms with Gasteiger partial charge in [-0.05, 0) is 48.1 Å². The second-order valence-corrected chi connectivity index (χ2v) is 6.70. The number of likely N-dealkylation sites (tertiary alicyclic amines) is 1. The number of nitrogens with zero attached hydrogens (tertiary/aromatic N) is 2. The van der Waals surface area contributed by atoms with Crippen LogP contribution in [0.15, 0.2) is 21.8 Å². The number of guanidine groups is 1. The summed E-state index contributed by atoms with van der Waals surface area (Å²) in [5.74, 6) is 1.18. The third-order valence-corrected chi connectivity index (χ3v) is 4.93. The average Bonchev–Trinajstić information content (AvgIpc) is 3.10. The first-order valence-electron chi connectivity index (χ1n) is 8.30. The fourth-order valence-electron chi connectivity index (χ4n) is 2.87. The fraction of sp³-hybridized carbons (Fsp3) is 0.647. The molecule has 1 fully saturated rings. The van der Waals surface area contributed by atoms with Crippen molar-refractivity contribution in [3.8, 4) is 0 Å². The molecular formula is C17H28IN3O2S. The highest BCUT2D eigenvalue weighted by atomic mass is 127. The van der Waals surface area contributed by atoms with Gasteiger partial charge in [-0.3, -0.25) is 9.79 Å². The Morgan fingerprint density at radius 1 is 1.58 bits per heavy atom. The SMILES string of the molecule is CCOC(=O)C1CCCN(C(=NC)NCC(C)c2ccsc2)C1.I. The summed E-state index contributed by atoms with van der Waals surface area (Å²) in [4.78, 5) is 18.5. The zero-order chi connectivity index (χ0) is 16.7. The van der Waals surface area contributed by atoms with Crippen LogP contribution in [0, 0.1) is 5.92 Å². The predicted molar refractivity (Wildman–Crippen MR) is 110 cm³/mol. The maximum atomic E-state index is 12.0. The first kappa shape index (κ1) is 21.2. The summed E-state index contributed by atoms with van der Waals surface area (Å²) >= 11 is 1.72. The maximum absolute atomic E-state index is 12.0. The van der Waals surface area contributed by atoms with E-state index in [9.17, 15) is 4.79 Å². The molecule has 0 aliphatic carbocycles. The van der Waals surface area contributed by atoms with E-state index in [4.69, 9.17) is 4.74 Å². The minimum absolute atomic E-state index is 0. The molecule has 2 heterocycles. The van der Waals surface area contributed by atoms with Crippen LogP contribution in [0.2, 0.25) is 0 Å². The van der Waals surface area contributed by atoms with Crippen molar-refractivity contribution in [2.75, 3.05) is 33.3 Å². The molecular weight excluding hydrogens is 437 g/mol. The Balaban J connectivity index is 0.00000288. The van der Waals surface area contributed by atoms with Crippen molar-refractivity contribution < 1.29 is 9.53 Å². The van der Waals surface area contributed by atoms with E-state index in [1.165, 1.54) is 5.56 Å². The number of rotatable bonds is 5. The highest BCUT2D eigenvalue weighted by molar-refractivity contribution is 14.0. The maximum Gasteiger partial charge on any atom is 0.310 e. The van der Waals surface area contributed by atoms with Crippen LogP contribution < -0.4 is 5.32 Å². The van der Waals surface area contributed by atoms with Gasteiger partial charge in [0.25, 0.3) is 0 Å². The fourth-order valence-corrected chi connectivity index (χ4v) is 3.65. The molecule has 0 aromatic carbocycles. The molecule has 2 rings (SSSR count). The molecule has 0 saturated carbocycles. The lowest BCUT2D eigenvalue weighted by atomic mass is 9.98. The third-order valence-electron chi connectivity index (χ3n) is 4.23. The Morgan fingerprint density at radius 2 is 2.38 bits per heavy atom. The van der Waals surface area contributed by atoms with E-state index in [2.05, 4.69) is 39.0 Å². The van der Waals surface area contributed by atoms with Gasteiger partial charge in [-0.1, -0.05) is 6.92 Å². The summed E-state index contributed by atoms with van der Waals surface area (Å²) in [6, 6.07) is 2.16. The number of hydrogen-bond donors (Lipinski definition) is 1. The van der Waals surface area contributed by atoms with E-state index in [1.807, 2.05) is 6.92 Å². The number of hydrogen-bond acceptors (Lipinski definition) is 4. The number of ether oxygens (including phenoxy) is 1. The Bertz CT molecular complexity index is 522. The van der Waals surface area contributed by atoms with Gasteiger partial charge < -0.3 is 15.0 Å². The van der Waals surface area contributed by atoms with E-state index in [1.54, 1.807) is 18.4 Å². The molecule has 0 amide bonds. The summed E-state index contributed by atoms with van der Waals surface area (Å²) in [6.45, 7) is 6.96. The van der Waals surface area contributed by atoms with E-state index in [0.29, 0.717) is 19.1 Å². The Kier molecular flexibility index (Phi) is 9.65. The van der Waals surface area contributed by atoms with Crippen LogP contribution in [-0.4, -0.2) is 50.1 Å². The van der Waals surface area contributed by atoms with Crippen LogP contribution in [0.3, 0.4) is 0 Å². The van der Waals surface area contributed by atoms with E-state index >= 15 is 0 Å². The van der Waals surface area contributed by atoms with Crippen molar-refractivity contribution >= 4 is 47.2 Å². The quantitative estimate of drug-likeness (QED) is 0.314. The summed E-state index contributed by atoms with van der Waals surface area (Å²) in [5.41, 5.74) is 1.35. The number of nitrogens with one attached hydrogen (secondary N) is 1. The Labute approximate surface area is 165 Å². The smallest absolute Gasteiger partial charge is 0.310 e. The normalized spacial score (nSPS) is 19.4. The highest BCUT2D eigenvalue weighted by Gasteiger charge is 2.28. The Hall–Kier alpha value is -0.830. The summed E-state index contributed by atoms with van der Waals surface area (Å²) in [7, 11) is 1.80. The van der Waals surface area contributed by atoms with Crippen LogP contribution in [0.1, 0.15) is 38.2 Å². The monoisotopic (exact) mass is 465 g/mol. The second-order valence-electron chi connectivity index (χ2n) is 5.92. The van der Waals surface area contributed by atoms with Gasteiger partial charge in [0.2, 0.25) is 0 Å². The first-order chi connectivity index (χ1) is 11.2. The van der Waals surface area contributed by atoms with Crippen LogP contribution >= 0.6 is 35.3 Å². The molecule has 24 heavy (non-hydrogen) atoms. The number of thiophene rings is 1. The summed E-state index contributed by atoms with van der Waals surface area (Å²) in [5, 5.41) is 7.74. The predicted octanol–water partition coefficient (Wildman–Crippen LogP) is 3.32. The summed E-state index contributed by atoms with van der Waals surface area (Å²) in [6.07, 6.45) is 1.89. The average molecular weight is 465 g/mol. The molecule has 136 valence electrons. The number of piperidine rings is 1. The molecule has 1 aromatic rings. The van der Waals surface area contributed by atoms with Crippen molar-refractivity contribution in [1.82, 2.24) is 10.2 Å². The minimum atomic E-state index is -0.0840. The molecule has 1 aliphatic heterocycles. The molecule has 1 aliphatic rings. The lowest BCUT2D eigenvalue weighted by Crippen LogP contribution is -2.48. The van der Waals surface area contributed by atoms with E-state index < -0.39 is 0 Å². The summed E-state index contributed by atoms with van der Waals surface area (Å²) < 4.78 is 5.17. The number of carbonyl (C=O) groups is 1. The molecule has 0 radical (unpaired) electrons. The molecule has 0 bridgehead atoms. The van der Waals surface area contributed by atoms with Crippen molar-refractivity contribution in [2.24, 2.45) is 10.9 Å². The molecule has 5 nitrogen and oxygen atoms in total. The van der Waals surface area contributed by atoms with Crippen molar-refractivity contribution in [3.05, 3.63) is 22.4 Å². The van der Waals surface area contributed by atoms with E-state index in [0.717, 1.165) is 31.9 Å². The molecule has 1 saturated heterocycles. The van der Waals surface area contributed by atoms with Gasteiger partial charge in [-0.15, -0.1) is 24.0 Å². The lowest BCUT2D eigenvalue weighted by Gasteiger charge is -2.34. The van der Waals surface area contributed by atoms with Gasteiger partial charge in [0.05, 0.1) is 12.5 Å². The van der Waals surface area contributed by atoms with Crippen LogP contribution in [-0.2, 0) is 9.53 Å². The zero-order valence-corrected chi connectivity index (χ0v) is 17.8. The van der Waals surface area contributed by atoms with Crippen molar-refractivity contribution in [3.63, 3.8) is 0 Å². The molecule has 7 heteroatoms. The number of esters is 1. The first-order valence-corrected chi connectivity index (χ1v) is 9.24. The topological polar surface area (TPSA) is 53.9 Å². The van der Waals surface area contributed by atoms with Crippen LogP contribution in [0.25, 0.3) is 0 Å². The van der Waals surface area contributed by atoms with Gasteiger partial charge in [-0.25, -0.2) is 0 Å². The molecule has 2 atom stereocenters. The highest BCUT2D eigenvalue weighted by Crippen LogP contribution is 2.19. The second kappa shape index (κ2) is 10.9. The van der Waals surface area contributed by atoms with Crippen LogP contribution in [0.4, 0.5) is 0 Å². The number of aliphatic imine (C=N–C) groups is 1. The molecule has 1 aromatic heterocycles. The van der Waals surface area contributed by atoms with Gasteiger partial charge in [0.1, 0.15) is 0 Å². The standard InChI is InChI=1S/C17H27N3O2S.HI/c1-4-22-16(21)14-6-5-8-20(11-14)17(18-3)19-10-13(2)15-7-9-23-12-15;/h7,9,12-14H,4-6,8,10-11H2,1-3H3,(H,18,19);1H. The zero-order valence-electron chi connectivity index (χ0n) is 14.7.